The van der Waals surface area contributed by atoms with Gasteiger partial charge in [0.05, 0.1) is 5.56 Å². The Hall–Kier alpha value is -2.32. The highest BCUT2D eigenvalue weighted by atomic mass is 19.4. The number of aliphatic carboxylic acids is 1. The molecule has 0 atom stereocenters. The van der Waals surface area contributed by atoms with E-state index in [4.69, 9.17) is 5.11 Å². The molecule has 1 heterocycles. The molecule has 0 bridgehead atoms. The summed E-state index contributed by atoms with van der Waals surface area (Å²) in [5.41, 5.74) is -1.12. The summed E-state index contributed by atoms with van der Waals surface area (Å²) >= 11 is 0. The molecule has 19 heavy (non-hydrogen) atoms. The Balaban J connectivity index is 2.96. The Morgan fingerprint density at radius 2 is 1.95 bits per heavy atom. The number of nitrogens with zero attached hydrogens (tertiary/aromatic N) is 1. The zero-order valence-corrected chi connectivity index (χ0v) is 9.31. The van der Waals surface area contributed by atoms with Crippen LogP contribution in [0.15, 0.2) is 27.6 Å². The van der Waals surface area contributed by atoms with Crippen LogP contribution in [0, 0.1) is 0 Å². The van der Waals surface area contributed by atoms with Crippen LogP contribution in [0.3, 0.4) is 0 Å². The molecular formula is C10H8F3NO5. The zero-order valence-electron chi connectivity index (χ0n) is 9.31. The van der Waals surface area contributed by atoms with Gasteiger partial charge < -0.3 is 14.4 Å². The molecule has 1 aromatic heterocycles. The largest absolute Gasteiger partial charge is 0.480 e. The van der Waals surface area contributed by atoms with Crippen LogP contribution in [0.4, 0.5) is 13.2 Å². The summed E-state index contributed by atoms with van der Waals surface area (Å²) in [5, 5.41) is 8.49. The number of carbonyl (C=O) groups excluding carboxylic acids is 1. The molecule has 0 fully saturated rings. The maximum absolute atomic E-state index is 12.2. The van der Waals surface area contributed by atoms with E-state index >= 15 is 0 Å². The second kappa shape index (κ2) is 5.55. The smallest absolute Gasteiger partial charge is 0.406 e. The van der Waals surface area contributed by atoms with Crippen LogP contribution in [0.25, 0.3) is 0 Å². The van der Waals surface area contributed by atoms with Crippen molar-refractivity contribution in [3.63, 3.8) is 0 Å². The van der Waals surface area contributed by atoms with Gasteiger partial charge in [-0.25, -0.2) is 4.79 Å². The molecule has 0 aliphatic heterocycles. The van der Waals surface area contributed by atoms with E-state index in [1.807, 2.05) is 0 Å². The monoisotopic (exact) mass is 279 g/mol. The summed E-state index contributed by atoms with van der Waals surface area (Å²) in [7, 11) is 0. The Labute approximate surface area is 104 Å². The molecule has 0 aliphatic rings. The first-order chi connectivity index (χ1) is 8.69. The molecule has 0 radical (unpaired) electrons. The average molecular weight is 279 g/mol. The van der Waals surface area contributed by atoms with E-state index in [-0.39, 0.29) is 10.5 Å². The SMILES string of the molecule is O=C(O)CN(CC(F)(F)F)C(=O)c1ccc(=O)oc1. The predicted molar refractivity (Wildman–Crippen MR) is 54.6 cm³/mol. The van der Waals surface area contributed by atoms with Crippen molar-refractivity contribution in [3.8, 4) is 0 Å². The van der Waals surface area contributed by atoms with Gasteiger partial charge in [-0.05, 0) is 6.07 Å². The van der Waals surface area contributed by atoms with Gasteiger partial charge >= 0.3 is 17.8 Å². The summed E-state index contributed by atoms with van der Waals surface area (Å²) in [6.45, 7) is -2.82. The van der Waals surface area contributed by atoms with E-state index in [1.54, 1.807) is 0 Å². The molecule has 1 N–H and O–H groups in total. The highest BCUT2D eigenvalue weighted by Crippen LogP contribution is 2.17. The fourth-order valence-corrected chi connectivity index (χ4v) is 1.24. The lowest BCUT2D eigenvalue weighted by Gasteiger charge is -2.21. The van der Waals surface area contributed by atoms with Crippen molar-refractivity contribution in [2.24, 2.45) is 0 Å². The number of carboxylic acid groups (broad SMARTS) is 1. The summed E-state index contributed by atoms with van der Waals surface area (Å²) in [6, 6.07) is 1.80. The summed E-state index contributed by atoms with van der Waals surface area (Å²) in [5.74, 6) is -2.78. The number of halogens is 3. The number of hydrogen-bond acceptors (Lipinski definition) is 4. The highest BCUT2D eigenvalue weighted by Gasteiger charge is 2.34. The first-order valence-electron chi connectivity index (χ1n) is 4.86. The van der Waals surface area contributed by atoms with E-state index in [9.17, 15) is 27.6 Å². The molecule has 104 valence electrons. The summed E-state index contributed by atoms with van der Waals surface area (Å²) in [4.78, 5) is 32.9. The van der Waals surface area contributed by atoms with E-state index in [0.717, 1.165) is 12.1 Å². The molecule has 0 aromatic carbocycles. The number of carbonyl (C=O) groups is 2. The third-order valence-electron chi connectivity index (χ3n) is 1.93. The first-order valence-corrected chi connectivity index (χ1v) is 4.86. The van der Waals surface area contributed by atoms with E-state index < -0.39 is 36.8 Å². The molecule has 1 rings (SSSR count). The number of amides is 1. The van der Waals surface area contributed by atoms with Gasteiger partial charge in [0.1, 0.15) is 19.4 Å². The standard InChI is InChI=1S/C10H8F3NO5/c11-10(12,13)5-14(3-7(15)16)9(18)6-1-2-8(17)19-4-6/h1-2,4H,3,5H2,(H,15,16). The lowest BCUT2D eigenvalue weighted by atomic mass is 10.2. The highest BCUT2D eigenvalue weighted by molar-refractivity contribution is 5.95. The van der Waals surface area contributed by atoms with Crippen LogP contribution in [-0.2, 0) is 4.79 Å². The van der Waals surface area contributed by atoms with Crippen molar-refractivity contribution in [1.82, 2.24) is 4.90 Å². The second-order valence-corrected chi connectivity index (χ2v) is 3.51. The van der Waals surface area contributed by atoms with Crippen molar-refractivity contribution >= 4 is 11.9 Å². The van der Waals surface area contributed by atoms with Gasteiger partial charge in [-0.3, -0.25) is 9.59 Å². The van der Waals surface area contributed by atoms with Crippen LogP contribution < -0.4 is 5.63 Å². The molecule has 9 heteroatoms. The molecular weight excluding hydrogens is 271 g/mol. The Morgan fingerprint density at radius 1 is 1.32 bits per heavy atom. The Bertz CT molecular complexity index is 516. The minimum Gasteiger partial charge on any atom is -0.480 e. The molecule has 0 saturated heterocycles. The lowest BCUT2D eigenvalue weighted by molar-refractivity contribution is -0.149. The van der Waals surface area contributed by atoms with Crippen LogP contribution in [0.2, 0.25) is 0 Å². The lowest BCUT2D eigenvalue weighted by Crippen LogP contribution is -2.42. The molecule has 0 saturated carbocycles. The van der Waals surface area contributed by atoms with Gasteiger partial charge in [0.2, 0.25) is 0 Å². The van der Waals surface area contributed by atoms with Gasteiger partial charge in [-0.1, -0.05) is 0 Å². The average Bonchev–Trinajstić information content (AvgIpc) is 2.25. The summed E-state index contributed by atoms with van der Waals surface area (Å²) < 4.78 is 41.0. The Kier molecular flexibility index (Phi) is 4.30. The number of carboxylic acids is 1. The van der Waals surface area contributed by atoms with Gasteiger partial charge in [-0.2, -0.15) is 13.2 Å². The topological polar surface area (TPSA) is 87.8 Å². The van der Waals surface area contributed by atoms with Crippen molar-refractivity contribution in [3.05, 3.63) is 34.4 Å². The van der Waals surface area contributed by atoms with Gasteiger partial charge in [0.15, 0.2) is 0 Å². The Morgan fingerprint density at radius 3 is 2.37 bits per heavy atom. The van der Waals surface area contributed by atoms with Crippen LogP contribution in [0.1, 0.15) is 10.4 Å². The van der Waals surface area contributed by atoms with E-state index in [0.29, 0.717) is 6.26 Å². The van der Waals surface area contributed by atoms with Gasteiger partial charge in [-0.15, -0.1) is 0 Å². The minimum atomic E-state index is -4.74. The fourth-order valence-electron chi connectivity index (χ4n) is 1.24. The molecule has 1 aromatic rings. The van der Waals surface area contributed by atoms with Crippen molar-refractivity contribution in [1.29, 1.82) is 0 Å². The van der Waals surface area contributed by atoms with Crippen LogP contribution in [0.5, 0.6) is 0 Å². The van der Waals surface area contributed by atoms with E-state index in [2.05, 4.69) is 4.42 Å². The number of rotatable bonds is 4. The summed E-state index contributed by atoms with van der Waals surface area (Å²) in [6.07, 6.45) is -4.06. The minimum absolute atomic E-state index is 0.0949. The van der Waals surface area contributed by atoms with Crippen molar-refractivity contribution in [2.75, 3.05) is 13.1 Å². The van der Waals surface area contributed by atoms with E-state index in [1.165, 1.54) is 0 Å². The third-order valence-corrected chi connectivity index (χ3v) is 1.93. The third kappa shape index (κ3) is 4.82. The second-order valence-electron chi connectivity index (χ2n) is 3.51. The maximum Gasteiger partial charge on any atom is 0.406 e. The van der Waals surface area contributed by atoms with Crippen LogP contribution in [-0.4, -0.2) is 41.1 Å². The molecule has 0 aliphatic carbocycles. The maximum atomic E-state index is 12.2. The predicted octanol–water partition coefficient (Wildman–Crippen LogP) is 0.729. The quantitative estimate of drug-likeness (QED) is 0.877. The number of alkyl halides is 3. The zero-order chi connectivity index (χ0) is 14.6. The normalized spacial score (nSPS) is 11.1. The van der Waals surface area contributed by atoms with Crippen molar-refractivity contribution < 1.29 is 32.3 Å². The molecule has 6 nitrogen and oxygen atoms in total. The first kappa shape index (κ1) is 14.7. The number of hydrogen-bond donors (Lipinski definition) is 1. The van der Waals surface area contributed by atoms with Gasteiger partial charge in [0, 0.05) is 6.07 Å². The molecule has 0 unspecified atom stereocenters. The van der Waals surface area contributed by atoms with Crippen molar-refractivity contribution in [2.45, 2.75) is 6.18 Å². The molecule has 1 amide bonds. The van der Waals surface area contributed by atoms with Crippen LogP contribution >= 0.6 is 0 Å². The molecule has 0 spiro atoms. The fraction of sp³-hybridized carbons (Fsp3) is 0.300. The van der Waals surface area contributed by atoms with Gasteiger partial charge in [0.25, 0.3) is 5.91 Å².